The van der Waals surface area contributed by atoms with Crippen molar-refractivity contribution in [3.63, 3.8) is 0 Å². The first-order valence-corrected chi connectivity index (χ1v) is 11.9. The lowest BCUT2D eigenvalue weighted by Gasteiger charge is -2.60. The van der Waals surface area contributed by atoms with Crippen LogP contribution in [-0.2, 0) is 14.3 Å². The number of carboxylic acids is 1. The number of fused-ring (bicyclic) bond motifs is 5. The maximum atomic E-state index is 12.3. The molecule has 4 aliphatic carbocycles. The van der Waals surface area contributed by atoms with Gasteiger partial charge in [-0.2, -0.15) is 0 Å². The van der Waals surface area contributed by atoms with Gasteiger partial charge in [-0.15, -0.1) is 0 Å². The van der Waals surface area contributed by atoms with Gasteiger partial charge in [-0.3, -0.25) is 9.59 Å². The van der Waals surface area contributed by atoms with Crippen LogP contribution in [-0.4, -0.2) is 29.2 Å². The van der Waals surface area contributed by atoms with E-state index in [0.29, 0.717) is 16.7 Å². The Balaban J connectivity index is 1.37. The zero-order valence-electron chi connectivity index (χ0n) is 18.2. The molecule has 0 aromatic rings. The number of carbonyl (C=O) groups is 2. The highest BCUT2D eigenvalue weighted by Gasteiger charge is 2.58. The van der Waals surface area contributed by atoms with Gasteiger partial charge in [0.25, 0.3) is 0 Å². The Morgan fingerprint density at radius 3 is 2.62 bits per heavy atom. The molecule has 0 bridgehead atoms. The quantitative estimate of drug-likeness (QED) is 0.656. The van der Waals surface area contributed by atoms with E-state index in [2.05, 4.69) is 13.8 Å². The van der Waals surface area contributed by atoms with Gasteiger partial charge in [-0.25, -0.2) is 0 Å². The summed E-state index contributed by atoms with van der Waals surface area (Å²) in [5.74, 6) is 1.96. The van der Waals surface area contributed by atoms with Gasteiger partial charge in [-0.05, 0) is 98.7 Å². The number of hydrogen-bond donors (Lipinski definition) is 2. The van der Waals surface area contributed by atoms with Gasteiger partial charge < -0.3 is 15.6 Å². The largest absolute Gasteiger partial charge is 0.481 e. The molecule has 4 fully saturated rings. The number of carbonyl (C=O) groups excluding carboxylic acids is 1. The fourth-order valence-corrected chi connectivity index (χ4v) is 7.97. The van der Waals surface area contributed by atoms with Crippen molar-refractivity contribution in [3.8, 4) is 0 Å². The summed E-state index contributed by atoms with van der Waals surface area (Å²) in [7, 11) is 0. The van der Waals surface area contributed by atoms with Crippen LogP contribution in [0.3, 0.4) is 0 Å². The summed E-state index contributed by atoms with van der Waals surface area (Å²) >= 11 is 0. The number of esters is 1. The van der Waals surface area contributed by atoms with Crippen LogP contribution < -0.4 is 5.73 Å². The predicted octanol–water partition coefficient (Wildman–Crippen LogP) is 4.52. The van der Waals surface area contributed by atoms with Crippen molar-refractivity contribution in [2.75, 3.05) is 0 Å². The van der Waals surface area contributed by atoms with Gasteiger partial charge in [0.1, 0.15) is 12.1 Å². The smallest absolute Gasteiger partial charge is 0.323 e. The molecule has 29 heavy (non-hydrogen) atoms. The van der Waals surface area contributed by atoms with Gasteiger partial charge in [-0.1, -0.05) is 20.3 Å². The van der Waals surface area contributed by atoms with Crippen LogP contribution in [0, 0.1) is 34.5 Å². The molecule has 3 unspecified atom stereocenters. The molecule has 0 saturated heterocycles. The first-order chi connectivity index (χ1) is 13.7. The van der Waals surface area contributed by atoms with Crippen molar-refractivity contribution in [1.82, 2.24) is 0 Å². The third-order valence-electron chi connectivity index (χ3n) is 9.65. The van der Waals surface area contributed by atoms with Gasteiger partial charge in [0.15, 0.2) is 0 Å². The van der Waals surface area contributed by atoms with Crippen molar-refractivity contribution < 1.29 is 19.4 Å². The molecular formula is C24H39NO4. The summed E-state index contributed by atoms with van der Waals surface area (Å²) in [4.78, 5) is 23.0. The van der Waals surface area contributed by atoms with Gasteiger partial charge >= 0.3 is 11.9 Å². The van der Waals surface area contributed by atoms with Crippen LogP contribution in [0.1, 0.15) is 90.9 Å². The number of nitrogens with two attached hydrogens (primary N) is 1. The van der Waals surface area contributed by atoms with Crippen molar-refractivity contribution in [3.05, 3.63) is 0 Å². The minimum atomic E-state index is -0.927. The lowest BCUT2D eigenvalue weighted by molar-refractivity contribution is -0.163. The lowest BCUT2D eigenvalue weighted by Crippen LogP contribution is -2.53. The molecule has 5 heteroatoms. The van der Waals surface area contributed by atoms with E-state index in [0.717, 1.165) is 37.0 Å². The second-order valence-electron chi connectivity index (χ2n) is 11.1. The summed E-state index contributed by atoms with van der Waals surface area (Å²) < 4.78 is 5.74. The summed E-state index contributed by atoms with van der Waals surface area (Å²) in [6.45, 7) is 5.09. The molecule has 5 nitrogen and oxygen atoms in total. The molecule has 0 aliphatic heterocycles. The fraction of sp³-hybridized carbons (Fsp3) is 0.917. The Kier molecular flexibility index (Phi) is 5.73. The Morgan fingerprint density at radius 1 is 1.07 bits per heavy atom. The molecule has 0 aromatic heterocycles. The van der Waals surface area contributed by atoms with Gasteiger partial charge in [0.05, 0.1) is 0 Å². The predicted molar refractivity (Wildman–Crippen MR) is 111 cm³/mol. The summed E-state index contributed by atoms with van der Waals surface area (Å²) in [5.41, 5.74) is 6.84. The Morgan fingerprint density at radius 2 is 1.86 bits per heavy atom. The Hall–Kier alpha value is -1.10. The topological polar surface area (TPSA) is 89.6 Å². The van der Waals surface area contributed by atoms with E-state index in [1.165, 1.54) is 44.9 Å². The molecule has 0 amide bonds. The molecule has 164 valence electrons. The minimum Gasteiger partial charge on any atom is -0.481 e. The highest BCUT2D eigenvalue weighted by atomic mass is 16.5. The normalized spacial score (nSPS) is 44.9. The van der Waals surface area contributed by atoms with Crippen molar-refractivity contribution in [2.45, 2.75) is 103 Å². The van der Waals surface area contributed by atoms with E-state index in [9.17, 15) is 9.59 Å². The maximum absolute atomic E-state index is 12.3. The van der Waals surface area contributed by atoms with Gasteiger partial charge in [0, 0.05) is 6.42 Å². The van der Waals surface area contributed by atoms with E-state index in [1.54, 1.807) is 0 Å². The number of aliphatic carboxylic acids is 1. The summed E-state index contributed by atoms with van der Waals surface area (Å²) in [6, 6.07) is -0.825. The fourth-order valence-electron chi connectivity index (χ4n) is 7.97. The average molecular weight is 406 g/mol. The number of rotatable bonds is 5. The maximum Gasteiger partial charge on any atom is 0.323 e. The Bertz CT molecular complexity index is 651. The van der Waals surface area contributed by atoms with Crippen LogP contribution in [0.25, 0.3) is 0 Å². The summed E-state index contributed by atoms with van der Waals surface area (Å²) in [5, 5.41) is 8.78. The standard InChI is InChI=1S/C24H39NO4/c1-23-11-3-4-18(23)17-6-5-15-14-16(9-13-24(15,2)19(17)10-12-23)29-22(28)20(25)7-8-21(26)27/h15-20H,3-14,25H2,1-2H3,(H,26,27)/t15?,16?,17?,18-,19-,20-,23-,24-/m0/s1. The Labute approximate surface area is 175 Å². The molecule has 4 aliphatic rings. The first kappa shape index (κ1) is 21.1. The van der Waals surface area contributed by atoms with Crippen LogP contribution in [0.4, 0.5) is 0 Å². The van der Waals surface area contributed by atoms with Crippen LogP contribution in [0.2, 0.25) is 0 Å². The molecular weight excluding hydrogens is 366 g/mol. The van der Waals surface area contributed by atoms with Gasteiger partial charge in [0.2, 0.25) is 0 Å². The van der Waals surface area contributed by atoms with E-state index in [1.807, 2.05) is 0 Å². The molecule has 0 aromatic carbocycles. The van der Waals surface area contributed by atoms with Crippen LogP contribution >= 0.6 is 0 Å². The van der Waals surface area contributed by atoms with E-state index in [4.69, 9.17) is 15.6 Å². The van der Waals surface area contributed by atoms with Crippen LogP contribution in [0.15, 0.2) is 0 Å². The van der Waals surface area contributed by atoms with E-state index >= 15 is 0 Å². The monoisotopic (exact) mass is 405 g/mol. The van der Waals surface area contributed by atoms with Crippen molar-refractivity contribution in [1.29, 1.82) is 0 Å². The van der Waals surface area contributed by atoms with Crippen LogP contribution in [0.5, 0.6) is 0 Å². The molecule has 8 atom stereocenters. The van der Waals surface area contributed by atoms with Crippen molar-refractivity contribution >= 4 is 11.9 Å². The second kappa shape index (κ2) is 7.86. The minimum absolute atomic E-state index is 0.0478. The average Bonchev–Trinajstić information content (AvgIpc) is 3.08. The van der Waals surface area contributed by atoms with Crippen molar-refractivity contribution in [2.24, 2.45) is 40.2 Å². The zero-order chi connectivity index (χ0) is 20.8. The molecule has 4 saturated carbocycles. The first-order valence-electron chi connectivity index (χ1n) is 11.9. The highest BCUT2D eigenvalue weighted by molar-refractivity contribution is 5.76. The zero-order valence-corrected chi connectivity index (χ0v) is 18.2. The molecule has 4 rings (SSSR count). The van der Waals surface area contributed by atoms with E-state index in [-0.39, 0.29) is 18.9 Å². The number of carboxylic acid groups (broad SMARTS) is 1. The number of ether oxygens (including phenoxy) is 1. The molecule has 3 N–H and O–H groups in total. The second-order valence-corrected chi connectivity index (χ2v) is 11.1. The lowest BCUT2D eigenvalue weighted by atomic mass is 9.45. The third kappa shape index (κ3) is 3.84. The molecule has 0 spiro atoms. The number of hydrogen-bond acceptors (Lipinski definition) is 4. The SMILES string of the molecule is C[C@@]12CCC[C@H]1C1CCC3CC(OC(=O)[C@@H](N)CCC(=O)O)CC[C@]3(C)[C@H]1CC2. The third-order valence-corrected chi connectivity index (χ3v) is 9.65. The summed E-state index contributed by atoms with van der Waals surface area (Å²) in [6.07, 6.45) is 12.7. The highest BCUT2D eigenvalue weighted by Crippen LogP contribution is 2.66. The molecule has 0 radical (unpaired) electrons. The van der Waals surface area contributed by atoms with E-state index < -0.39 is 18.0 Å². The molecule has 0 heterocycles.